The van der Waals surface area contributed by atoms with Crippen molar-refractivity contribution in [1.29, 1.82) is 0 Å². The summed E-state index contributed by atoms with van der Waals surface area (Å²) in [5.74, 6) is 3.16. The van der Waals surface area contributed by atoms with Crippen LogP contribution in [-0.4, -0.2) is 126 Å². The molecule has 16 nitrogen and oxygen atoms in total. The quantitative estimate of drug-likeness (QED) is 0.0330. The summed E-state index contributed by atoms with van der Waals surface area (Å²) in [7, 11) is 8.47. The molecule has 3 amide bonds. The summed E-state index contributed by atoms with van der Waals surface area (Å²) in [4.78, 5) is 53.1. The first-order chi connectivity index (χ1) is 41.3. The highest BCUT2D eigenvalue weighted by atomic mass is 33.1. The highest BCUT2D eigenvalue weighted by Crippen LogP contribution is 2.45. The first-order valence-corrected chi connectivity index (χ1v) is 32.6. The Morgan fingerprint density at radius 2 is 1.36 bits per heavy atom. The molecule has 454 valence electrons. The predicted molar refractivity (Wildman–Crippen MR) is 342 cm³/mol. The third-order valence-electron chi connectivity index (χ3n) is 17.3. The van der Waals surface area contributed by atoms with Gasteiger partial charge in [-0.15, -0.1) is 0 Å². The maximum atomic E-state index is 14.3. The molecule has 2 N–H and O–H groups in total. The monoisotopic (exact) mass is 1200 g/mol. The summed E-state index contributed by atoms with van der Waals surface area (Å²) in [5.41, 5.74) is 8.84. The zero-order valence-corrected chi connectivity index (χ0v) is 52.1. The fourth-order valence-corrected chi connectivity index (χ4v) is 15.4. The number of aliphatic imine (C=N–C) groups is 1. The normalized spacial score (nSPS) is 17.0. The molecule has 1 fully saturated rings. The third-order valence-corrected chi connectivity index (χ3v) is 20.6. The van der Waals surface area contributed by atoms with Crippen molar-refractivity contribution < 1.29 is 47.5 Å². The molecule has 0 spiro atoms. The summed E-state index contributed by atoms with van der Waals surface area (Å²) >= 11 is 0. The highest BCUT2D eigenvalue weighted by Gasteiger charge is 2.40. The van der Waals surface area contributed by atoms with E-state index in [1.807, 2.05) is 80.1 Å². The molecule has 5 aromatic carbocycles. The average Bonchev–Trinajstić information content (AvgIpc) is 2.00. The second kappa shape index (κ2) is 28.4. The van der Waals surface area contributed by atoms with Crippen LogP contribution in [-0.2, 0) is 45.1 Å². The van der Waals surface area contributed by atoms with E-state index in [1.165, 1.54) is 25.7 Å². The van der Waals surface area contributed by atoms with Crippen molar-refractivity contribution in [2.24, 2.45) is 10.9 Å². The Kier molecular flexibility index (Phi) is 20.6. The van der Waals surface area contributed by atoms with E-state index in [0.717, 1.165) is 70.8 Å². The van der Waals surface area contributed by atoms with E-state index in [-0.39, 0.29) is 53.3 Å². The SMILES string of the molecule is CCC(CC)(NC(=O)CCCSSC(C)(C)CN(CCOCCOCCOC)c1cc(COc2cc3c(cc2OC)C(=O)N2c4ccccc4CC2C=N3)cc(COc2cc3c(cc2OC)C(=O)N2c4ccccc4CC2CN3)c1)C1CCCC1. The van der Waals surface area contributed by atoms with Gasteiger partial charge in [0, 0.05) is 91.0 Å². The van der Waals surface area contributed by atoms with Gasteiger partial charge in [-0.2, -0.15) is 0 Å². The zero-order chi connectivity index (χ0) is 59.5. The van der Waals surface area contributed by atoms with Gasteiger partial charge in [0.1, 0.15) is 13.2 Å². The van der Waals surface area contributed by atoms with Gasteiger partial charge in [-0.25, -0.2) is 0 Å². The van der Waals surface area contributed by atoms with Crippen LogP contribution < -0.4 is 44.3 Å². The number of hydrogen-bond acceptors (Lipinski definition) is 15. The number of para-hydroxylation sites is 2. The van der Waals surface area contributed by atoms with Crippen molar-refractivity contribution in [2.45, 2.75) is 127 Å². The average molecular weight is 1200 g/mol. The smallest absolute Gasteiger partial charge is 0.261 e. The van der Waals surface area contributed by atoms with Crippen LogP contribution in [0, 0.1) is 5.92 Å². The Morgan fingerprint density at radius 3 is 2.05 bits per heavy atom. The number of methoxy groups -OCH3 is 3. The molecule has 1 aliphatic carbocycles. The number of carbonyl (C=O) groups excluding carboxylic acids is 3. The lowest BCUT2D eigenvalue weighted by Crippen LogP contribution is -2.52. The zero-order valence-electron chi connectivity index (χ0n) is 50.5. The number of ether oxygens (including phenoxy) is 7. The van der Waals surface area contributed by atoms with Gasteiger partial charge in [0.2, 0.25) is 5.91 Å². The molecule has 4 aliphatic heterocycles. The predicted octanol–water partition coefficient (Wildman–Crippen LogP) is 12.4. The highest BCUT2D eigenvalue weighted by molar-refractivity contribution is 8.77. The lowest BCUT2D eigenvalue weighted by Gasteiger charge is -2.39. The van der Waals surface area contributed by atoms with Crippen molar-refractivity contribution in [1.82, 2.24) is 5.32 Å². The maximum absolute atomic E-state index is 14.3. The molecule has 0 saturated heterocycles. The number of amides is 3. The number of rotatable bonds is 30. The summed E-state index contributed by atoms with van der Waals surface area (Å²) in [6.45, 7) is 13.4. The van der Waals surface area contributed by atoms with E-state index >= 15 is 0 Å². The first-order valence-electron chi connectivity index (χ1n) is 30.3. The molecule has 0 aromatic heterocycles. The Bertz CT molecular complexity index is 3180. The van der Waals surface area contributed by atoms with Gasteiger partial charge in [0.15, 0.2) is 23.0 Å². The van der Waals surface area contributed by atoms with Gasteiger partial charge in [-0.1, -0.05) is 84.7 Å². The van der Waals surface area contributed by atoms with Crippen LogP contribution in [0.3, 0.4) is 0 Å². The van der Waals surface area contributed by atoms with Gasteiger partial charge in [0.25, 0.3) is 11.8 Å². The van der Waals surface area contributed by atoms with Gasteiger partial charge in [-0.05, 0) is 123 Å². The van der Waals surface area contributed by atoms with E-state index in [1.54, 1.807) is 39.5 Å². The summed E-state index contributed by atoms with van der Waals surface area (Å²) < 4.78 is 42.2. The summed E-state index contributed by atoms with van der Waals surface area (Å²) in [6.07, 6.45) is 11.5. The molecule has 2 unspecified atom stereocenters. The summed E-state index contributed by atoms with van der Waals surface area (Å²) in [6, 6.07) is 29.4. The second-order valence-electron chi connectivity index (χ2n) is 23.4. The molecule has 18 heteroatoms. The van der Waals surface area contributed by atoms with E-state index in [0.29, 0.717) is 117 Å². The van der Waals surface area contributed by atoms with Crippen molar-refractivity contribution in [3.8, 4) is 23.0 Å². The lowest BCUT2D eigenvalue weighted by atomic mass is 9.78. The second-order valence-corrected chi connectivity index (χ2v) is 26.5. The Hall–Kier alpha value is -6.44. The molecule has 85 heavy (non-hydrogen) atoms. The number of carbonyl (C=O) groups is 3. The minimum Gasteiger partial charge on any atom is -0.493 e. The number of benzene rings is 5. The molecule has 0 bridgehead atoms. The number of nitrogens with zero attached hydrogens (tertiary/aromatic N) is 4. The summed E-state index contributed by atoms with van der Waals surface area (Å²) in [5, 5.41) is 7.09. The Labute approximate surface area is 509 Å². The van der Waals surface area contributed by atoms with Crippen LogP contribution in [0.15, 0.2) is 96.0 Å². The third kappa shape index (κ3) is 14.4. The van der Waals surface area contributed by atoms with Crippen LogP contribution in [0.1, 0.15) is 122 Å². The minimum absolute atomic E-state index is 0.0243. The maximum Gasteiger partial charge on any atom is 0.261 e. The lowest BCUT2D eigenvalue weighted by molar-refractivity contribution is -0.124. The van der Waals surface area contributed by atoms with Gasteiger partial charge in [-0.3, -0.25) is 24.3 Å². The van der Waals surface area contributed by atoms with Gasteiger partial charge < -0.3 is 53.6 Å². The standard InChI is InChI=1S/C67H84N6O10S2/c1-8-67(9-2,49-19-12-13-20-49)70-63(74)23-16-30-84-85-66(3,4)44-71(24-25-80-28-29-81-27-26-77-5)50-32-45(42-82-61-38-55-53(36-59(61)78-6)64(75)72-51(40-68-55)34-47-17-10-14-21-57(47)72)31-46(33-50)43-83-62-39-56-54(37-60(62)79-7)65(76)73-52(41-69-56)35-48-18-11-15-22-58(48)73/h10-11,14-15,17-18,21-22,31-33,36-40,49,51-52,69H,8-9,12-13,16,19-20,23-30,34-35,41-44H2,1-7H3,(H,70,74). The van der Waals surface area contributed by atoms with E-state index in [9.17, 15) is 14.4 Å². The molecule has 4 heterocycles. The molecular weight excluding hydrogens is 1110 g/mol. The van der Waals surface area contributed by atoms with E-state index in [4.69, 9.17) is 38.2 Å². The first kappa shape index (κ1) is 61.6. The number of nitrogens with one attached hydrogen (secondary N) is 2. The van der Waals surface area contributed by atoms with Crippen molar-refractivity contribution in [2.75, 3.05) is 99.8 Å². The molecule has 5 aromatic rings. The number of hydrogen-bond donors (Lipinski definition) is 2. The molecule has 5 aliphatic rings. The van der Waals surface area contributed by atoms with Crippen LogP contribution >= 0.6 is 21.6 Å². The largest absolute Gasteiger partial charge is 0.493 e. The molecule has 10 rings (SSSR count). The van der Waals surface area contributed by atoms with E-state index in [2.05, 4.69) is 73.6 Å². The number of anilines is 4. The molecule has 1 saturated carbocycles. The molecule has 0 radical (unpaired) electrons. The van der Waals surface area contributed by atoms with Crippen molar-refractivity contribution in [3.63, 3.8) is 0 Å². The van der Waals surface area contributed by atoms with Crippen LogP contribution in [0.25, 0.3) is 0 Å². The van der Waals surface area contributed by atoms with Crippen LogP contribution in [0.2, 0.25) is 0 Å². The van der Waals surface area contributed by atoms with Crippen molar-refractivity contribution in [3.05, 3.63) is 124 Å². The van der Waals surface area contributed by atoms with Crippen LogP contribution in [0.4, 0.5) is 28.4 Å². The van der Waals surface area contributed by atoms with Gasteiger partial charge >= 0.3 is 0 Å². The topological polar surface area (TPSA) is 162 Å². The fourth-order valence-electron chi connectivity index (χ4n) is 12.9. The van der Waals surface area contributed by atoms with Crippen molar-refractivity contribution >= 4 is 74.0 Å². The molecule has 2 atom stereocenters. The fraction of sp³-hybridized carbons (Fsp3) is 0.493. The number of fused-ring (bicyclic) bond motifs is 8. The Morgan fingerprint density at radius 1 is 0.741 bits per heavy atom. The van der Waals surface area contributed by atoms with Gasteiger partial charge in [0.05, 0.1) is 81.8 Å². The molecular formula is C67H84N6O10S2. The Balaban J connectivity index is 0.901. The van der Waals surface area contributed by atoms with E-state index < -0.39 is 0 Å². The van der Waals surface area contributed by atoms with Crippen LogP contribution in [0.5, 0.6) is 23.0 Å². The minimum atomic E-state index is -0.248.